The molecule has 8 heteroatoms. The van der Waals surface area contributed by atoms with E-state index in [1.54, 1.807) is 13.0 Å². The third kappa shape index (κ3) is 3.75. The van der Waals surface area contributed by atoms with Crippen LogP contribution < -0.4 is 4.72 Å². The summed E-state index contributed by atoms with van der Waals surface area (Å²) in [6.07, 6.45) is 0.918. The van der Waals surface area contributed by atoms with E-state index in [0.717, 1.165) is 0 Å². The van der Waals surface area contributed by atoms with Gasteiger partial charge in [-0.25, -0.2) is 13.1 Å². The van der Waals surface area contributed by atoms with E-state index in [1.165, 1.54) is 0 Å². The molecule has 0 aromatic carbocycles. The van der Waals surface area contributed by atoms with Crippen LogP contribution in [0.3, 0.4) is 0 Å². The molecule has 1 aliphatic heterocycles. The van der Waals surface area contributed by atoms with Crippen molar-refractivity contribution in [3.8, 4) is 0 Å². The van der Waals surface area contributed by atoms with Crippen LogP contribution in [0, 0.1) is 6.92 Å². The molecule has 0 amide bonds. The molecule has 2 rings (SSSR count). The van der Waals surface area contributed by atoms with Gasteiger partial charge in [0, 0.05) is 19.3 Å². The highest BCUT2D eigenvalue weighted by molar-refractivity contribution is 7.88. The van der Waals surface area contributed by atoms with E-state index in [9.17, 15) is 13.5 Å². The number of hydrogen-bond donors (Lipinski definition) is 2. The van der Waals surface area contributed by atoms with Crippen molar-refractivity contribution in [1.82, 2.24) is 9.88 Å². The first-order chi connectivity index (χ1) is 8.95. The molecular formula is C11H18N2O5S. The third-order valence-electron chi connectivity index (χ3n) is 3.14. The molecule has 0 radical (unpaired) electrons. The molecule has 7 nitrogen and oxygen atoms in total. The molecule has 0 aliphatic carbocycles. The largest absolute Gasteiger partial charge is 0.394 e. The van der Waals surface area contributed by atoms with E-state index in [0.29, 0.717) is 37.5 Å². The first-order valence-corrected chi connectivity index (χ1v) is 7.72. The van der Waals surface area contributed by atoms with Gasteiger partial charge < -0.3 is 14.4 Å². The van der Waals surface area contributed by atoms with Gasteiger partial charge in [-0.2, -0.15) is 0 Å². The summed E-state index contributed by atoms with van der Waals surface area (Å²) in [5.74, 6) is 0.306. The van der Waals surface area contributed by atoms with Crippen LogP contribution in [0.25, 0.3) is 0 Å². The van der Waals surface area contributed by atoms with Crippen LogP contribution in [-0.2, 0) is 20.5 Å². The van der Waals surface area contributed by atoms with Gasteiger partial charge in [-0.1, -0.05) is 5.16 Å². The smallest absolute Gasteiger partial charge is 0.218 e. The van der Waals surface area contributed by atoms with E-state index in [-0.39, 0.29) is 12.4 Å². The fourth-order valence-electron chi connectivity index (χ4n) is 2.10. The summed E-state index contributed by atoms with van der Waals surface area (Å²) in [7, 11) is -3.58. The predicted molar refractivity (Wildman–Crippen MR) is 66.9 cm³/mol. The number of nitrogens with one attached hydrogen (secondary N) is 1. The van der Waals surface area contributed by atoms with Crippen molar-refractivity contribution in [2.24, 2.45) is 0 Å². The fourth-order valence-corrected chi connectivity index (χ4v) is 3.63. The number of aliphatic hydroxyl groups excluding tert-OH is 1. The van der Waals surface area contributed by atoms with Crippen molar-refractivity contribution in [3.63, 3.8) is 0 Å². The molecule has 1 aromatic heterocycles. The van der Waals surface area contributed by atoms with Gasteiger partial charge >= 0.3 is 0 Å². The van der Waals surface area contributed by atoms with Gasteiger partial charge in [-0.15, -0.1) is 0 Å². The monoisotopic (exact) mass is 290 g/mol. The molecule has 108 valence electrons. The summed E-state index contributed by atoms with van der Waals surface area (Å²) >= 11 is 0. The molecule has 0 spiro atoms. The topological polar surface area (TPSA) is 102 Å². The van der Waals surface area contributed by atoms with Gasteiger partial charge in [-0.3, -0.25) is 0 Å². The Morgan fingerprint density at radius 2 is 2.16 bits per heavy atom. The number of aromatic nitrogens is 1. The summed E-state index contributed by atoms with van der Waals surface area (Å²) < 4.78 is 36.8. The zero-order valence-electron chi connectivity index (χ0n) is 10.8. The lowest BCUT2D eigenvalue weighted by atomic mass is 9.93. The summed E-state index contributed by atoms with van der Waals surface area (Å²) in [4.78, 5) is 0. The molecule has 1 aromatic rings. The van der Waals surface area contributed by atoms with Crippen molar-refractivity contribution in [1.29, 1.82) is 0 Å². The highest BCUT2D eigenvalue weighted by Gasteiger charge is 2.36. The lowest BCUT2D eigenvalue weighted by Crippen LogP contribution is -2.54. The predicted octanol–water partition coefficient (Wildman–Crippen LogP) is -0.0561. The van der Waals surface area contributed by atoms with Gasteiger partial charge in [-0.05, 0) is 19.8 Å². The molecule has 2 N–H and O–H groups in total. The Bertz CT molecular complexity index is 519. The second-order valence-corrected chi connectivity index (χ2v) is 6.56. The number of aryl methyl sites for hydroxylation is 1. The molecule has 1 fully saturated rings. The number of aliphatic hydroxyl groups is 1. The van der Waals surface area contributed by atoms with Crippen molar-refractivity contribution >= 4 is 10.0 Å². The molecular weight excluding hydrogens is 272 g/mol. The Kier molecular flexibility index (Phi) is 4.24. The van der Waals surface area contributed by atoms with Crippen LogP contribution in [0.4, 0.5) is 0 Å². The van der Waals surface area contributed by atoms with Gasteiger partial charge in [0.25, 0.3) is 0 Å². The number of ether oxygens (including phenoxy) is 1. The first kappa shape index (κ1) is 14.4. The standard InChI is InChI=1S/C11H18N2O5S/c1-9-6-10(12-18-9)7-19(15,16)13-11(8-14)2-4-17-5-3-11/h6,13-14H,2-5,7-8H2,1H3. The Morgan fingerprint density at radius 1 is 1.47 bits per heavy atom. The minimum absolute atomic E-state index is 0.243. The Labute approximate surface area is 112 Å². The van der Waals surface area contributed by atoms with Crippen molar-refractivity contribution in [2.75, 3.05) is 19.8 Å². The van der Waals surface area contributed by atoms with Crippen LogP contribution in [0.15, 0.2) is 10.6 Å². The van der Waals surface area contributed by atoms with E-state index >= 15 is 0 Å². The highest BCUT2D eigenvalue weighted by atomic mass is 32.2. The Balaban J connectivity index is 2.07. The molecule has 1 saturated heterocycles. The molecule has 0 unspecified atom stereocenters. The second kappa shape index (κ2) is 5.58. The van der Waals surface area contributed by atoms with Crippen molar-refractivity contribution < 1.29 is 22.8 Å². The van der Waals surface area contributed by atoms with Crippen LogP contribution in [0.2, 0.25) is 0 Å². The molecule has 0 bridgehead atoms. The zero-order chi connectivity index (χ0) is 13.9. The summed E-state index contributed by atoms with van der Waals surface area (Å²) in [6.45, 7) is 2.33. The van der Waals surface area contributed by atoms with Crippen LogP contribution in [0.1, 0.15) is 24.3 Å². The fraction of sp³-hybridized carbons (Fsp3) is 0.727. The molecule has 1 aliphatic rings. The van der Waals surface area contributed by atoms with Gasteiger partial charge in [0.05, 0.1) is 12.1 Å². The van der Waals surface area contributed by atoms with Gasteiger partial charge in [0.15, 0.2) is 0 Å². The quantitative estimate of drug-likeness (QED) is 0.788. The zero-order valence-corrected chi connectivity index (χ0v) is 11.6. The Morgan fingerprint density at radius 3 is 2.68 bits per heavy atom. The number of rotatable bonds is 5. The second-order valence-electron chi connectivity index (χ2n) is 4.84. The van der Waals surface area contributed by atoms with E-state index in [2.05, 4.69) is 9.88 Å². The van der Waals surface area contributed by atoms with Crippen LogP contribution in [-0.4, -0.2) is 44.0 Å². The van der Waals surface area contributed by atoms with Crippen LogP contribution >= 0.6 is 0 Å². The third-order valence-corrected chi connectivity index (χ3v) is 4.56. The van der Waals surface area contributed by atoms with E-state index in [1.807, 2.05) is 0 Å². The molecule has 0 atom stereocenters. The summed E-state index contributed by atoms with van der Waals surface area (Å²) in [6, 6.07) is 1.58. The molecule has 2 heterocycles. The number of hydrogen-bond acceptors (Lipinski definition) is 6. The van der Waals surface area contributed by atoms with Gasteiger partial charge in [0.2, 0.25) is 10.0 Å². The lowest BCUT2D eigenvalue weighted by Gasteiger charge is -2.35. The average Bonchev–Trinajstić information content (AvgIpc) is 2.74. The summed E-state index contributed by atoms with van der Waals surface area (Å²) in [5.41, 5.74) is -0.472. The molecule has 0 saturated carbocycles. The molecule has 19 heavy (non-hydrogen) atoms. The first-order valence-electron chi connectivity index (χ1n) is 6.07. The summed E-state index contributed by atoms with van der Waals surface area (Å²) in [5, 5.41) is 13.1. The SMILES string of the molecule is Cc1cc(CS(=O)(=O)NC2(CO)CCOCC2)no1. The van der Waals surface area contributed by atoms with E-state index < -0.39 is 15.6 Å². The minimum Gasteiger partial charge on any atom is -0.394 e. The van der Waals surface area contributed by atoms with Crippen molar-refractivity contribution in [3.05, 3.63) is 17.5 Å². The number of sulfonamides is 1. The van der Waals surface area contributed by atoms with E-state index in [4.69, 9.17) is 9.26 Å². The minimum atomic E-state index is -3.58. The van der Waals surface area contributed by atoms with Crippen LogP contribution in [0.5, 0.6) is 0 Å². The maximum Gasteiger partial charge on any atom is 0.218 e. The van der Waals surface area contributed by atoms with Gasteiger partial charge in [0.1, 0.15) is 17.2 Å². The average molecular weight is 290 g/mol. The highest BCUT2D eigenvalue weighted by Crippen LogP contribution is 2.22. The lowest BCUT2D eigenvalue weighted by molar-refractivity contribution is 0.0222. The normalized spacial score (nSPS) is 19.5. The Hall–Kier alpha value is -0.960. The maximum absolute atomic E-state index is 12.1. The maximum atomic E-state index is 12.1. The van der Waals surface area contributed by atoms with Crippen molar-refractivity contribution in [2.45, 2.75) is 31.1 Å². The number of nitrogens with zero attached hydrogens (tertiary/aromatic N) is 1.